The first-order chi connectivity index (χ1) is 7.42. The summed E-state index contributed by atoms with van der Waals surface area (Å²) < 4.78 is 5.73. The average Bonchev–Trinajstić information content (AvgIpc) is 2.75. The van der Waals surface area contributed by atoms with Crippen LogP contribution in [0.25, 0.3) is 0 Å². The van der Waals surface area contributed by atoms with Crippen LogP contribution in [0.15, 0.2) is 35.4 Å². The monoisotopic (exact) mass is 204 g/mol. The van der Waals surface area contributed by atoms with Gasteiger partial charge in [-0.15, -0.1) is 0 Å². The minimum Gasteiger partial charge on any atom is -0.370 e. The molecule has 1 unspecified atom stereocenters. The molecule has 1 aliphatic rings. The van der Waals surface area contributed by atoms with Gasteiger partial charge in [0.05, 0.1) is 12.3 Å². The molecule has 1 heterocycles. The van der Waals surface area contributed by atoms with Gasteiger partial charge in [-0.1, -0.05) is 37.3 Å². The third-order valence-corrected chi connectivity index (χ3v) is 2.37. The number of hydrogen-bond acceptors (Lipinski definition) is 3. The smallest absolute Gasteiger partial charge is 0.121 e. The van der Waals surface area contributed by atoms with Crippen molar-refractivity contribution in [3.8, 4) is 0 Å². The SMILES string of the molecule is CCCOC1CNN=C1c1ccccc1. The Balaban J connectivity index is 2.08. The average molecular weight is 204 g/mol. The van der Waals surface area contributed by atoms with Crippen molar-refractivity contribution in [2.75, 3.05) is 13.2 Å². The Morgan fingerprint density at radius 1 is 1.40 bits per heavy atom. The molecular formula is C12H16N2O. The summed E-state index contributed by atoms with van der Waals surface area (Å²) in [5.41, 5.74) is 5.15. The van der Waals surface area contributed by atoms with Crippen LogP contribution in [0, 0.1) is 0 Å². The molecule has 0 bridgehead atoms. The Morgan fingerprint density at radius 3 is 2.93 bits per heavy atom. The first-order valence-corrected chi connectivity index (χ1v) is 5.39. The molecule has 1 N–H and O–H groups in total. The van der Waals surface area contributed by atoms with E-state index < -0.39 is 0 Å². The number of ether oxygens (including phenoxy) is 1. The number of nitrogens with one attached hydrogen (secondary N) is 1. The Labute approximate surface area is 90.1 Å². The van der Waals surface area contributed by atoms with Crippen LogP contribution in [0.3, 0.4) is 0 Å². The predicted octanol–water partition coefficient (Wildman–Crippen LogP) is 1.79. The maximum Gasteiger partial charge on any atom is 0.121 e. The summed E-state index contributed by atoms with van der Waals surface area (Å²) in [5, 5.41) is 4.28. The maximum atomic E-state index is 5.73. The second-order valence-corrected chi connectivity index (χ2v) is 3.58. The van der Waals surface area contributed by atoms with Crippen LogP contribution in [-0.2, 0) is 4.74 Å². The van der Waals surface area contributed by atoms with Crippen LogP contribution >= 0.6 is 0 Å². The molecule has 0 radical (unpaired) electrons. The Bertz CT molecular complexity index is 335. The highest BCUT2D eigenvalue weighted by molar-refractivity contribution is 6.04. The van der Waals surface area contributed by atoms with E-state index in [-0.39, 0.29) is 6.10 Å². The van der Waals surface area contributed by atoms with E-state index in [1.54, 1.807) is 0 Å². The van der Waals surface area contributed by atoms with Gasteiger partial charge < -0.3 is 10.2 Å². The fourth-order valence-electron chi connectivity index (χ4n) is 1.64. The molecule has 0 aromatic heterocycles. The summed E-state index contributed by atoms with van der Waals surface area (Å²) in [4.78, 5) is 0. The third-order valence-electron chi connectivity index (χ3n) is 2.37. The normalized spacial score (nSPS) is 19.8. The summed E-state index contributed by atoms with van der Waals surface area (Å²) in [7, 11) is 0. The molecule has 1 aliphatic heterocycles. The third kappa shape index (κ3) is 2.36. The number of nitrogens with zero attached hydrogens (tertiary/aromatic N) is 1. The predicted molar refractivity (Wildman–Crippen MR) is 61.0 cm³/mol. The van der Waals surface area contributed by atoms with Crippen LogP contribution in [0.4, 0.5) is 0 Å². The second kappa shape index (κ2) is 4.94. The quantitative estimate of drug-likeness (QED) is 0.811. The van der Waals surface area contributed by atoms with E-state index in [0.29, 0.717) is 0 Å². The largest absolute Gasteiger partial charge is 0.370 e. The minimum absolute atomic E-state index is 0.104. The highest BCUT2D eigenvalue weighted by Gasteiger charge is 2.22. The molecule has 0 aliphatic carbocycles. The van der Waals surface area contributed by atoms with E-state index >= 15 is 0 Å². The molecular weight excluding hydrogens is 188 g/mol. The van der Waals surface area contributed by atoms with Crippen molar-refractivity contribution in [1.29, 1.82) is 0 Å². The highest BCUT2D eigenvalue weighted by Crippen LogP contribution is 2.11. The van der Waals surface area contributed by atoms with Crippen LogP contribution in [-0.4, -0.2) is 25.0 Å². The first-order valence-electron chi connectivity index (χ1n) is 5.39. The van der Waals surface area contributed by atoms with Gasteiger partial charge in [-0.3, -0.25) is 0 Å². The van der Waals surface area contributed by atoms with Gasteiger partial charge in [0.2, 0.25) is 0 Å². The van der Waals surface area contributed by atoms with Crippen molar-refractivity contribution in [2.45, 2.75) is 19.4 Å². The second-order valence-electron chi connectivity index (χ2n) is 3.58. The Kier molecular flexibility index (Phi) is 3.35. The zero-order chi connectivity index (χ0) is 10.5. The van der Waals surface area contributed by atoms with Gasteiger partial charge in [-0.25, -0.2) is 0 Å². The maximum absolute atomic E-state index is 5.73. The lowest BCUT2D eigenvalue weighted by molar-refractivity contribution is 0.105. The van der Waals surface area contributed by atoms with Crippen molar-refractivity contribution in [3.63, 3.8) is 0 Å². The van der Waals surface area contributed by atoms with Crippen molar-refractivity contribution in [3.05, 3.63) is 35.9 Å². The van der Waals surface area contributed by atoms with Gasteiger partial charge in [-0.2, -0.15) is 5.10 Å². The lowest BCUT2D eigenvalue weighted by atomic mass is 10.1. The van der Waals surface area contributed by atoms with Crippen molar-refractivity contribution >= 4 is 5.71 Å². The zero-order valence-corrected chi connectivity index (χ0v) is 8.94. The minimum atomic E-state index is 0.104. The van der Waals surface area contributed by atoms with E-state index in [0.717, 1.165) is 30.8 Å². The molecule has 0 saturated heterocycles. The number of hydrazone groups is 1. The molecule has 0 amide bonds. The molecule has 1 aromatic carbocycles. The summed E-state index contributed by atoms with van der Waals surface area (Å²) in [6.45, 7) is 3.68. The van der Waals surface area contributed by atoms with Crippen LogP contribution in [0.2, 0.25) is 0 Å². The molecule has 1 atom stereocenters. The lowest BCUT2D eigenvalue weighted by Crippen LogP contribution is -2.26. The number of benzene rings is 1. The molecule has 0 fully saturated rings. The fourth-order valence-corrected chi connectivity index (χ4v) is 1.64. The molecule has 15 heavy (non-hydrogen) atoms. The van der Waals surface area contributed by atoms with Crippen molar-refractivity contribution < 1.29 is 4.74 Å². The molecule has 0 spiro atoms. The van der Waals surface area contributed by atoms with Gasteiger partial charge in [0.1, 0.15) is 6.10 Å². The summed E-state index contributed by atoms with van der Waals surface area (Å²) in [5.74, 6) is 0. The van der Waals surface area contributed by atoms with E-state index in [1.807, 2.05) is 18.2 Å². The van der Waals surface area contributed by atoms with Gasteiger partial charge in [0, 0.05) is 12.2 Å². The fraction of sp³-hybridized carbons (Fsp3) is 0.417. The highest BCUT2D eigenvalue weighted by atomic mass is 16.5. The first kappa shape index (κ1) is 10.2. The van der Waals surface area contributed by atoms with Crippen molar-refractivity contribution in [1.82, 2.24) is 5.43 Å². The Morgan fingerprint density at radius 2 is 2.20 bits per heavy atom. The zero-order valence-electron chi connectivity index (χ0n) is 8.94. The molecule has 0 saturated carbocycles. The number of rotatable bonds is 4. The van der Waals surface area contributed by atoms with Gasteiger partial charge in [-0.05, 0) is 6.42 Å². The van der Waals surface area contributed by atoms with Crippen LogP contribution < -0.4 is 5.43 Å². The van der Waals surface area contributed by atoms with E-state index in [1.165, 1.54) is 0 Å². The van der Waals surface area contributed by atoms with Gasteiger partial charge in [0.25, 0.3) is 0 Å². The van der Waals surface area contributed by atoms with E-state index in [9.17, 15) is 0 Å². The molecule has 2 rings (SSSR count). The molecule has 3 nitrogen and oxygen atoms in total. The summed E-state index contributed by atoms with van der Waals surface area (Å²) >= 11 is 0. The summed E-state index contributed by atoms with van der Waals surface area (Å²) in [6.07, 6.45) is 1.14. The van der Waals surface area contributed by atoms with E-state index in [4.69, 9.17) is 4.74 Å². The van der Waals surface area contributed by atoms with Crippen LogP contribution in [0.1, 0.15) is 18.9 Å². The molecule has 3 heteroatoms. The standard InChI is InChI=1S/C12H16N2O/c1-2-8-15-11-9-13-14-12(11)10-6-4-3-5-7-10/h3-7,11,13H,2,8-9H2,1H3. The van der Waals surface area contributed by atoms with E-state index in [2.05, 4.69) is 29.6 Å². The number of hydrogen-bond donors (Lipinski definition) is 1. The summed E-state index contributed by atoms with van der Waals surface area (Å²) in [6, 6.07) is 10.2. The van der Waals surface area contributed by atoms with Gasteiger partial charge in [0.15, 0.2) is 0 Å². The van der Waals surface area contributed by atoms with Crippen LogP contribution in [0.5, 0.6) is 0 Å². The molecule has 1 aromatic rings. The van der Waals surface area contributed by atoms with Crippen molar-refractivity contribution in [2.24, 2.45) is 5.10 Å². The topological polar surface area (TPSA) is 33.6 Å². The molecule has 80 valence electrons. The van der Waals surface area contributed by atoms with Gasteiger partial charge >= 0.3 is 0 Å². The Hall–Kier alpha value is -1.35. The lowest BCUT2D eigenvalue weighted by Gasteiger charge is -2.12.